The number of anilines is 1. The average Bonchev–Trinajstić information content (AvgIpc) is 2.68. The predicted octanol–water partition coefficient (Wildman–Crippen LogP) is 2.79. The summed E-state index contributed by atoms with van der Waals surface area (Å²) in [6.07, 6.45) is 3.12. The number of nitrogens with zero attached hydrogens (tertiary/aromatic N) is 1. The van der Waals surface area contributed by atoms with Crippen LogP contribution >= 0.6 is 23.1 Å². The number of hydrogen-bond donors (Lipinski definition) is 1. The summed E-state index contributed by atoms with van der Waals surface area (Å²) >= 11 is 3.15. The van der Waals surface area contributed by atoms with Gasteiger partial charge in [-0.1, -0.05) is 18.3 Å². The van der Waals surface area contributed by atoms with Gasteiger partial charge in [0.2, 0.25) is 0 Å². The minimum Gasteiger partial charge on any atom is -0.465 e. The molecule has 0 bridgehead atoms. The van der Waals surface area contributed by atoms with Crippen molar-refractivity contribution >= 4 is 34.2 Å². The molecule has 1 aromatic rings. The zero-order valence-corrected chi connectivity index (χ0v) is 12.2. The Kier molecular flexibility index (Phi) is 5.77. The summed E-state index contributed by atoms with van der Waals surface area (Å²) in [6, 6.07) is 0.390. The van der Waals surface area contributed by atoms with Gasteiger partial charge in [-0.3, -0.25) is 0 Å². The number of ether oxygens (including phenoxy) is 1. The lowest BCUT2D eigenvalue weighted by atomic mass is 10.3. The van der Waals surface area contributed by atoms with E-state index in [9.17, 15) is 4.79 Å². The van der Waals surface area contributed by atoms with Crippen molar-refractivity contribution in [3.05, 3.63) is 10.6 Å². The fraction of sp³-hybridized carbons (Fsp3) is 0.636. The summed E-state index contributed by atoms with van der Waals surface area (Å²) in [7, 11) is 1.39. The number of carbonyl (C=O) groups is 1. The monoisotopic (exact) mass is 274 g/mol. The number of methoxy groups -OCH3 is 1. The topological polar surface area (TPSA) is 51.2 Å². The molecule has 0 saturated heterocycles. The molecule has 6 heteroatoms. The number of hydrogen-bond acceptors (Lipinski definition) is 6. The van der Waals surface area contributed by atoms with Gasteiger partial charge in [-0.2, -0.15) is 11.8 Å². The van der Waals surface area contributed by atoms with Crippen molar-refractivity contribution in [1.29, 1.82) is 0 Å². The number of thioether (sulfide) groups is 1. The number of nitrogens with one attached hydrogen (secondary N) is 1. The van der Waals surface area contributed by atoms with E-state index in [1.165, 1.54) is 18.4 Å². The number of esters is 1. The zero-order chi connectivity index (χ0) is 12.8. The van der Waals surface area contributed by atoms with Crippen LogP contribution in [-0.4, -0.2) is 36.1 Å². The Morgan fingerprint density at radius 2 is 2.35 bits per heavy atom. The Morgan fingerprint density at radius 3 is 2.88 bits per heavy atom. The zero-order valence-electron chi connectivity index (χ0n) is 10.6. The highest BCUT2D eigenvalue weighted by Crippen LogP contribution is 2.24. The molecular weight excluding hydrogens is 256 g/mol. The van der Waals surface area contributed by atoms with Crippen LogP contribution < -0.4 is 5.32 Å². The Bertz CT molecular complexity index is 380. The number of carbonyl (C=O) groups excluding carboxylic acids is 1. The summed E-state index contributed by atoms with van der Waals surface area (Å²) in [5.74, 6) is 0.717. The molecule has 4 nitrogen and oxygen atoms in total. The second-order valence-corrected chi connectivity index (χ2v) is 5.54. The first-order valence-electron chi connectivity index (χ1n) is 5.43. The molecule has 0 aliphatic carbocycles. The van der Waals surface area contributed by atoms with Crippen LogP contribution in [0.15, 0.2) is 0 Å². The molecule has 0 aromatic carbocycles. The van der Waals surface area contributed by atoms with Gasteiger partial charge in [-0.15, -0.1) is 0 Å². The van der Waals surface area contributed by atoms with Gasteiger partial charge in [-0.25, -0.2) is 9.78 Å². The molecule has 0 amide bonds. The first-order chi connectivity index (χ1) is 8.12. The van der Waals surface area contributed by atoms with Crippen molar-refractivity contribution in [1.82, 2.24) is 4.98 Å². The first kappa shape index (κ1) is 14.3. The van der Waals surface area contributed by atoms with Gasteiger partial charge < -0.3 is 10.1 Å². The van der Waals surface area contributed by atoms with Crippen molar-refractivity contribution in [2.45, 2.75) is 26.3 Å². The maximum atomic E-state index is 11.4. The number of rotatable bonds is 6. The highest BCUT2D eigenvalue weighted by atomic mass is 32.2. The van der Waals surface area contributed by atoms with E-state index in [1.807, 2.05) is 6.92 Å². The predicted molar refractivity (Wildman–Crippen MR) is 74.3 cm³/mol. The second kappa shape index (κ2) is 6.86. The maximum Gasteiger partial charge on any atom is 0.350 e. The van der Waals surface area contributed by atoms with Gasteiger partial charge in [0.1, 0.15) is 4.88 Å². The molecular formula is C11H18N2O2S2. The van der Waals surface area contributed by atoms with Crippen LogP contribution in [0.25, 0.3) is 0 Å². The maximum absolute atomic E-state index is 11.4. The summed E-state index contributed by atoms with van der Waals surface area (Å²) in [5, 5.41) is 4.14. The Morgan fingerprint density at radius 1 is 1.65 bits per heavy atom. The summed E-state index contributed by atoms with van der Waals surface area (Å²) in [4.78, 5) is 16.4. The number of aryl methyl sites for hydroxylation is 1. The van der Waals surface area contributed by atoms with Gasteiger partial charge in [0, 0.05) is 11.8 Å². The van der Waals surface area contributed by atoms with Crippen molar-refractivity contribution in [3.8, 4) is 0 Å². The van der Waals surface area contributed by atoms with Crippen LogP contribution in [0.3, 0.4) is 0 Å². The van der Waals surface area contributed by atoms with Gasteiger partial charge in [-0.05, 0) is 19.6 Å². The van der Waals surface area contributed by atoms with Crippen molar-refractivity contribution in [3.63, 3.8) is 0 Å². The van der Waals surface area contributed by atoms with Crippen LogP contribution in [0.5, 0.6) is 0 Å². The molecule has 1 heterocycles. The van der Waals surface area contributed by atoms with E-state index in [2.05, 4.69) is 23.5 Å². The smallest absolute Gasteiger partial charge is 0.350 e. The van der Waals surface area contributed by atoms with Crippen molar-refractivity contribution in [2.75, 3.05) is 24.4 Å². The fourth-order valence-electron chi connectivity index (χ4n) is 1.38. The van der Waals surface area contributed by atoms with Crippen LogP contribution in [-0.2, 0) is 4.74 Å². The summed E-state index contributed by atoms with van der Waals surface area (Å²) < 4.78 is 4.71. The lowest BCUT2D eigenvalue weighted by molar-refractivity contribution is 0.0605. The van der Waals surface area contributed by atoms with Crippen LogP contribution in [0, 0.1) is 6.92 Å². The molecule has 0 aliphatic rings. The molecule has 1 N–H and O–H groups in total. The van der Waals surface area contributed by atoms with Crippen LogP contribution in [0.4, 0.5) is 5.13 Å². The van der Waals surface area contributed by atoms with E-state index in [0.717, 1.165) is 23.0 Å². The van der Waals surface area contributed by atoms with Crippen LogP contribution in [0.2, 0.25) is 0 Å². The standard InChI is InChI=1S/C11H18N2O2S2/c1-5-8(6-16-4)13-11-12-7(2)9(17-11)10(14)15-3/h8H,5-6H2,1-4H3,(H,12,13). The van der Waals surface area contributed by atoms with E-state index in [4.69, 9.17) is 4.74 Å². The third kappa shape index (κ3) is 3.89. The van der Waals surface area contributed by atoms with Crippen molar-refractivity contribution < 1.29 is 9.53 Å². The van der Waals surface area contributed by atoms with E-state index in [1.54, 1.807) is 11.8 Å². The third-order valence-corrected chi connectivity index (χ3v) is 4.16. The minimum absolute atomic E-state index is 0.314. The first-order valence-corrected chi connectivity index (χ1v) is 7.64. The molecule has 0 radical (unpaired) electrons. The molecule has 17 heavy (non-hydrogen) atoms. The van der Waals surface area contributed by atoms with Gasteiger partial charge in [0.25, 0.3) is 0 Å². The molecule has 0 spiro atoms. The molecule has 0 aliphatic heterocycles. The van der Waals surface area contributed by atoms with Gasteiger partial charge in [0.15, 0.2) is 5.13 Å². The molecule has 0 fully saturated rings. The van der Waals surface area contributed by atoms with E-state index < -0.39 is 0 Å². The molecule has 96 valence electrons. The van der Waals surface area contributed by atoms with Gasteiger partial charge >= 0.3 is 5.97 Å². The molecule has 1 atom stereocenters. The normalized spacial score (nSPS) is 12.2. The molecule has 1 aromatic heterocycles. The molecule has 1 unspecified atom stereocenters. The highest BCUT2D eigenvalue weighted by molar-refractivity contribution is 7.98. The average molecular weight is 274 g/mol. The van der Waals surface area contributed by atoms with E-state index >= 15 is 0 Å². The number of aromatic nitrogens is 1. The Balaban J connectivity index is 2.75. The highest BCUT2D eigenvalue weighted by Gasteiger charge is 2.16. The molecule has 1 rings (SSSR count). The minimum atomic E-state index is -0.314. The summed E-state index contributed by atoms with van der Waals surface area (Å²) in [6.45, 7) is 3.96. The summed E-state index contributed by atoms with van der Waals surface area (Å²) in [5.41, 5.74) is 0.725. The SMILES string of the molecule is CCC(CSC)Nc1nc(C)c(C(=O)OC)s1. The second-order valence-electron chi connectivity index (χ2n) is 3.63. The lowest BCUT2D eigenvalue weighted by Crippen LogP contribution is -2.20. The number of thiazole rings is 1. The van der Waals surface area contributed by atoms with E-state index in [-0.39, 0.29) is 5.97 Å². The van der Waals surface area contributed by atoms with Crippen LogP contribution in [0.1, 0.15) is 28.7 Å². The fourth-order valence-corrected chi connectivity index (χ4v) is 3.06. The van der Waals surface area contributed by atoms with E-state index in [0.29, 0.717) is 10.9 Å². The van der Waals surface area contributed by atoms with Crippen molar-refractivity contribution in [2.24, 2.45) is 0 Å². The Hall–Kier alpha value is -0.750. The van der Waals surface area contributed by atoms with Gasteiger partial charge in [0.05, 0.1) is 12.8 Å². The third-order valence-electron chi connectivity index (χ3n) is 2.36. The quantitative estimate of drug-likeness (QED) is 0.808. The Labute approximate surface area is 110 Å². The molecule has 0 saturated carbocycles. The lowest BCUT2D eigenvalue weighted by Gasteiger charge is -2.14. The largest absolute Gasteiger partial charge is 0.465 e.